The Morgan fingerprint density at radius 2 is 2.12 bits per heavy atom. The summed E-state index contributed by atoms with van der Waals surface area (Å²) in [5, 5.41) is 0. The Hall–Kier alpha value is -0.870. The van der Waals surface area contributed by atoms with Crippen LogP contribution in [0, 0.1) is 0 Å². The van der Waals surface area contributed by atoms with Crippen LogP contribution in [0.1, 0.15) is 25.0 Å². The van der Waals surface area contributed by atoms with Crippen LogP contribution in [0.4, 0.5) is 0 Å². The molecule has 0 aliphatic carbocycles. The fourth-order valence-electron chi connectivity index (χ4n) is 1.77. The van der Waals surface area contributed by atoms with E-state index in [0.717, 1.165) is 12.0 Å². The largest absolute Gasteiger partial charge is 0.435 e. The Kier molecular flexibility index (Phi) is 3.61. The summed E-state index contributed by atoms with van der Waals surface area (Å²) in [6.07, 6.45) is 0.319. The van der Waals surface area contributed by atoms with Gasteiger partial charge in [0.15, 0.2) is 0 Å². The van der Waals surface area contributed by atoms with Crippen molar-refractivity contribution in [3.63, 3.8) is 0 Å². The van der Waals surface area contributed by atoms with Gasteiger partial charge in [-0.2, -0.15) is 0 Å². The third-order valence-electron chi connectivity index (χ3n) is 2.49. The summed E-state index contributed by atoms with van der Waals surface area (Å²) >= 11 is 3.47. The second kappa shape index (κ2) is 4.97. The molecule has 86 valence electrons. The van der Waals surface area contributed by atoms with Gasteiger partial charge in [-0.1, -0.05) is 46.3 Å². The van der Waals surface area contributed by atoms with E-state index < -0.39 is 6.29 Å². The molecule has 1 aromatic carbocycles. The zero-order chi connectivity index (χ0) is 11.5. The van der Waals surface area contributed by atoms with Crippen LogP contribution < -0.4 is 0 Å². The van der Waals surface area contributed by atoms with Gasteiger partial charge in [-0.15, -0.1) is 0 Å². The summed E-state index contributed by atoms with van der Waals surface area (Å²) in [7, 11) is 0. The van der Waals surface area contributed by atoms with Crippen LogP contribution in [-0.2, 0) is 14.3 Å². The summed E-state index contributed by atoms with van der Waals surface area (Å²) in [6, 6.07) is 9.94. The predicted octanol–water partition coefficient (Wildman–Crippen LogP) is 2.80. The summed E-state index contributed by atoms with van der Waals surface area (Å²) in [4.78, 5) is 10.9. The third-order valence-corrected chi connectivity index (χ3v) is 3.29. The number of esters is 1. The lowest BCUT2D eigenvalue weighted by molar-refractivity contribution is -0.172. The van der Waals surface area contributed by atoms with Crippen molar-refractivity contribution >= 4 is 21.9 Å². The van der Waals surface area contributed by atoms with Gasteiger partial charge in [0.05, 0.1) is 10.9 Å². The van der Waals surface area contributed by atoms with Gasteiger partial charge in [-0.05, 0) is 12.0 Å². The van der Waals surface area contributed by atoms with Gasteiger partial charge in [-0.3, -0.25) is 4.79 Å². The van der Waals surface area contributed by atoms with Gasteiger partial charge in [-0.25, -0.2) is 0 Å². The van der Waals surface area contributed by atoms with Gasteiger partial charge in [0.1, 0.15) is 0 Å². The average molecular weight is 285 g/mol. The number of benzene rings is 1. The number of hydrogen-bond acceptors (Lipinski definition) is 3. The van der Waals surface area contributed by atoms with Crippen molar-refractivity contribution < 1.29 is 14.3 Å². The first-order valence-corrected chi connectivity index (χ1v) is 6.10. The number of ether oxygens (including phenoxy) is 2. The van der Waals surface area contributed by atoms with Crippen LogP contribution in [0.15, 0.2) is 30.3 Å². The molecule has 1 aliphatic rings. The molecule has 0 N–H and O–H groups in total. The Bertz CT molecular complexity index is 366. The molecular weight excluding hydrogens is 272 g/mol. The maximum atomic E-state index is 10.9. The highest BCUT2D eigenvalue weighted by atomic mass is 79.9. The molecule has 3 nitrogen and oxygen atoms in total. The smallest absolute Gasteiger partial charge is 0.304 e. The van der Waals surface area contributed by atoms with E-state index in [1.807, 2.05) is 30.3 Å². The normalized spacial score (nSPS) is 29.0. The van der Waals surface area contributed by atoms with Crippen LogP contribution in [0.5, 0.6) is 0 Å². The lowest BCUT2D eigenvalue weighted by Crippen LogP contribution is -2.22. The topological polar surface area (TPSA) is 35.5 Å². The molecule has 1 fully saturated rings. The number of halogens is 1. The Balaban J connectivity index is 2.04. The van der Waals surface area contributed by atoms with Crippen LogP contribution in [0.2, 0.25) is 0 Å². The minimum Gasteiger partial charge on any atom is -0.435 e. The number of hydrogen-bond donors (Lipinski definition) is 0. The second-order valence-electron chi connectivity index (χ2n) is 3.76. The van der Waals surface area contributed by atoms with Gasteiger partial charge >= 0.3 is 5.97 Å². The number of alkyl halides is 1. The Labute approximate surface area is 103 Å². The average Bonchev–Trinajstić information content (AvgIpc) is 2.61. The van der Waals surface area contributed by atoms with Crippen LogP contribution in [0.3, 0.4) is 0 Å². The number of rotatable bonds is 2. The van der Waals surface area contributed by atoms with E-state index in [0.29, 0.717) is 0 Å². The molecule has 1 heterocycles. The van der Waals surface area contributed by atoms with Crippen LogP contribution in [-0.4, -0.2) is 17.1 Å². The Morgan fingerprint density at radius 1 is 1.44 bits per heavy atom. The summed E-state index contributed by atoms with van der Waals surface area (Å²) in [5.74, 6) is -0.317. The fraction of sp³-hybridized carbons (Fsp3) is 0.417. The van der Waals surface area contributed by atoms with Gasteiger partial charge < -0.3 is 9.47 Å². The Morgan fingerprint density at radius 3 is 2.75 bits per heavy atom. The molecular formula is C12H13BrO3. The SMILES string of the molecule is CC(=O)O[C@H]1O[C@@H](c2ccccc2)C[C@@H]1Br. The molecule has 1 aliphatic heterocycles. The summed E-state index contributed by atoms with van der Waals surface area (Å²) < 4.78 is 10.7. The van der Waals surface area contributed by atoms with Crippen LogP contribution in [0.25, 0.3) is 0 Å². The van der Waals surface area contributed by atoms with Crippen molar-refractivity contribution in [2.75, 3.05) is 0 Å². The molecule has 0 unspecified atom stereocenters. The minimum absolute atomic E-state index is 0.00470. The van der Waals surface area contributed by atoms with E-state index in [1.165, 1.54) is 6.92 Å². The maximum absolute atomic E-state index is 10.9. The molecule has 1 aromatic rings. The first-order chi connectivity index (χ1) is 7.66. The van der Waals surface area contributed by atoms with Gasteiger partial charge in [0.25, 0.3) is 0 Å². The third kappa shape index (κ3) is 2.62. The molecule has 0 radical (unpaired) electrons. The van der Waals surface area contributed by atoms with Crippen LogP contribution >= 0.6 is 15.9 Å². The first-order valence-electron chi connectivity index (χ1n) is 5.18. The lowest BCUT2D eigenvalue weighted by Gasteiger charge is -2.14. The minimum atomic E-state index is -0.484. The van der Waals surface area contributed by atoms with Gasteiger partial charge in [0.2, 0.25) is 6.29 Å². The molecule has 0 saturated carbocycles. The van der Waals surface area contributed by atoms with Crippen molar-refractivity contribution in [2.45, 2.75) is 30.6 Å². The summed E-state index contributed by atoms with van der Waals surface area (Å²) in [5.41, 5.74) is 1.11. The highest BCUT2D eigenvalue weighted by Gasteiger charge is 2.36. The molecule has 1 saturated heterocycles. The van der Waals surface area contributed by atoms with Crippen molar-refractivity contribution in [1.29, 1.82) is 0 Å². The van der Waals surface area contributed by atoms with Crippen molar-refractivity contribution in [2.24, 2.45) is 0 Å². The standard InChI is InChI=1S/C12H13BrO3/c1-8(14)15-12-10(13)7-11(16-12)9-5-3-2-4-6-9/h2-6,10-12H,7H2,1H3/t10-,11+,12-/m0/s1. The zero-order valence-electron chi connectivity index (χ0n) is 8.93. The van der Waals surface area contributed by atoms with Crippen molar-refractivity contribution in [3.8, 4) is 0 Å². The molecule has 0 aromatic heterocycles. The predicted molar refractivity (Wildman–Crippen MR) is 63.2 cm³/mol. The summed E-state index contributed by atoms with van der Waals surface area (Å²) in [6.45, 7) is 1.39. The molecule has 0 bridgehead atoms. The van der Waals surface area contributed by atoms with E-state index in [1.54, 1.807) is 0 Å². The molecule has 16 heavy (non-hydrogen) atoms. The fourth-order valence-corrected chi connectivity index (χ4v) is 2.34. The molecule has 2 rings (SSSR count). The molecule has 4 heteroatoms. The van der Waals surface area contributed by atoms with Crippen molar-refractivity contribution in [1.82, 2.24) is 0 Å². The number of carbonyl (C=O) groups excluding carboxylic acids is 1. The monoisotopic (exact) mass is 284 g/mol. The molecule has 0 spiro atoms. The second-order valence-corrected chi connectivity index (χ2v) is 4.94. The van der Waals surface area contributed by atoms with E-state index in [9.17, 15) is 4.79 Å². The first kappa shape index (κ1) is 11.6. The van der Waals surface area contributed by atoms with E-state index in [-0.39, 0.29) is 16.9 Å². The highest BCUT2D eigenvalue weighted by molar-refractivity contribution is 9.09. The molecule has 0 amide bonds. The zero-order valence-corrected chi connectivity index (χ0v) is 10.5. The van der Waals surface area contributed by atoms with E-state index in [2.05, 4.69) is 15.9 Å². The highest BCUT2D eigenvalue weighted by Crippen LogP contribution is 2.37. The maximum Gasteiger partial charge on any atom is 0.304 e. The lowest BCUT2D eigenvalue weighted by atomic mass is 10.1. The quantitative estimate of drug-likeness (QED) is 0.619. The number of carbonyl (C=O) groups is 1. The van der Waals surface area contributed by atoms with E-state index >= 15 is 0 Å². The molecule has 3 atom stereocenters. The van der Waals surface area contributed by atoms with Crippen molar-refractivity contribution in [3.05, 3.63) is 35.9 Å². The van der Waals surface area contributed by atoms with Gasteiger partial charge in [0, 0.05) is 6.92 Å². The van der Waals surface area contributed by atoms with E-state index in [4.69, 9.17) is 9.47 Å².